The van der Waals surface area contributed by atoms with Crippen molar-refractivity contribution in [1.29, 1.82) is 0 Å². The number of nitrogens with two attached hydrogens (primary N) is 1. The van der Waals surface area contributed by atoms with Gasteiger partial charge in [0.05, 0.1) is 6.29 Å². The lowest BCUT2D eigenvalue weighted by atomic mass is 9.96. The molecular weight excluding hydrogens is 427 g/mol. The maximum absolute atomic E-state index is 13.6. The summed E-state index contributed by atoms with van der Waals surface area (Å²) in [7, 11) is -1.87. The van der Waals surface area contributed by atoms with Crippen LogP contribution in [0.2, 0.25) is 0 Å². The van der Waals surface area contributed by atoms with Crippen LogP contribution in [0.3, 0.4) is 0 Å². The van der Waals surface area contributed by atoms with E-state index in [1.165, 1.54) is 18.9 Å². The van der Waals surface area contributed by atoms with Crippen molar-refractivity contribution in [2.75, 3.05) is 24.5 Å². The molecule has 0 spiro atoms. The van der Waals surface area contributed by atoms with Gasteiger partial charge < -0.3 is 15.4 Å². The number of amides is 1. The Morgan fingerprint density at radius 2 is 1.59 bits per heavy atom. The van der Waals surface area contributed by atoms with E-state index in [0.29, 0.717) is 12.1 Å². The molecule has 3 N–H and O–H groups in total. The van der Waals surface area contributed by atoms with E-state index in [-0.39, 0.29) is 18.4 Å². The topological polar surface area (TPSA) is 110 Å². The third-order valence-electron chi connectivity index (χ3n) is 5.45. The molecule has 0 aromatic heterocycles. The van der Waals surface area contributed by atoms with Crippen molar-refractivity contribution in [3.05, 3.63) is 54.6 Å². The molecule has 0 saturated heterocycles. The van der Waals surface area contributed by atoms with E-state index in [1.54, 1.807) is 12.1 Å². The number of carbonyl (C=O) groups excluding carboxylic acids is 1. The molecule has 32 heavy (non-hydrogen) atoms. The Morgan fingerprint density at radius 3 is 2.06 bits per heavy atom. The highest BCUT2D eigenvalue weighted by atomic mass is 31.2. The number of benzene rings is 2. The molecule has 174 valence electrons. The second-order valence-electron chi connectivity index (χ2n) is 8.32. The van der Waals surface area contributed by atoms with E-state index >= 15 is 0 Å². The summed E-state index contributed by atoms with van der Waals surface area (Å²) in [5, 5.41) is 9.69. The number of aliphatic carboxylic acids is 1. The van der Waals surface area contributed by atoms with Gasteiger partial charge in [-0.2, -0.15) is 0 Å². The van der Waals surface area contributed by atoms with Gasteiger partial charge in [-0.1, -0.05) is 56.3 Å². The van der Waals surface area contributed by atoms with Gasteiger partial charge in [-0.3, -0.25) is 14.3 Å². The predicted octanol–water partition coefficient (Wildman–Crippen LogP) is 4.66. The SMILES string of the molecule is COP(=O)(CN)CC(CC(C)C)C(=O)N(c1ccc(-c2ccccc2)cc1)[C@@H](C)C(=O)O. The lowest BCUT2D eigenvalue weighted by Gasteiger charge is -2.32. The molecule has 0 aliphatic rings. The molecule has 2 aromatic carbocycles. The lowest BCUT2D eigenvalue weighted by Crippen LogP contribution is -2.47. The Kier molecular flexibility index (Phi) is 9.20. The summed E-state index contributed by atoms with van der Waals surface area (Å²) < 4.78 is 18.0. The maximum atomic E-state index is 13.6. The number of carboxylic acids is 1. The molecule has 0 fully saturated rings. The van der Waals surface area contributed by atoms with E-state index in [1.807, 2.05) is 56.3 Å². The number of carbonyl (C=O) groups is 2. The van der Waals surface area contributed by atoms with Gasteiger partial charge >= 0.3 is 5.97 Å². The monoisotopic (exact) mass is 460 g/mol. The molecule has 2 aromatic rings. The minimum Gasteiger partial charge on any atom is -0.480 e. The quantitative estimate of drug-likeness (QED) is 0.472. The average molecular weight is 461 g/mol. The number of nitrogens with zero attached hydrogens (tertiary/aromatic N) is 1. The third-order valence-corrected chi connectivity index (χ3v) is 7.67. The molecule has 3 atom stereocenters. The standard InChI is InChI=1S/C24H33N2O5P/c1-17(2)14-21(15-32(30,16-25)31-4)23(27)26(18(3)24(28)29)22-12-10-20(11-13-22)19-8-6-5-7-9-19/h5-13,17-18,21H,14-16,25H2,1-4H3,(H,28,29)/t18-,21?,32?/m0/s1. The molecule has 2 rings (SSSR count). The van der Waals surface area contributed by atoms with E-state index in [9.17, 15) is 19.3 Å². The second-order valence-corrected chi connectivity index (χ2v) is 11.0. The Labute approximate surface area is 190 Å². The summed E-state index contributed by atoms with van der Waals surface area (Å²) in [6.45, 7) is 5.39. The van der Waals surface area contributed by atoms with E-state index in [4.69, 9.17) is 10.3 Å². The number of rotatable bonds is 11. The van der Waals surface area contributed by atoms with Crippen LogP contribution in [-0.2, 0) is 18.7 Å². The van der Waals surface area contributed by atoms with E-state index in [0.717, 1.165) is 11.1 Å². The molecule has 0 aliphatic carbocycles. The fourth-order valence-electron chi connectivity index (χ4n) is 3.68. The number of carboxylic acid groups (broad SMARTS) is 1. The van der Waals surface area contributed by atoms with Crippen LogP contribution in [0.25, 0.3) is 11.1 Å². The fourth-order valence-corrected chi connectivity index (χ4v) is 5.10. The maximum Gasteiger partial charge on any atom is 0.326 e. The van der Waals surface area contributed by atoms with Crippen LogP contribution in [0.1, 0.15) is 27.2 Å². The lowest BCUT2D eigenvalue weighted by molar-refractivity contribution is -0.140. The van der Waals surface area contributed by atoms with E-state index < -0.39 is 31.2 Å². The van der Waals surface area contributed by atoms with Crippen molar-refractivity contribution in [3.8, 4) is 11.1 Å². The first-order valence-electron chi connectivity index (χ1n) is 10.7. The first-order valence-corrected chi connectivity index (χ1v) is 12.7. The largest absolute Gasteiger partial charge is 0.480 e. The first-order chi connectivity index (χ1) is 15.1. The van der Waals surface area contributed by atoms with Crippen molar-refractivity contribution in [2.24, 2.45) is 17.6 Å². The zero-order chi connectivity index (χ0) is 23.9. The zero-order valence-corrected chi connectivity index (χ0v) is 20.0. The van der Waals surface area contributed by atoms with Crippen molar-refractivity contribution >= 4 is 24.9 Å². The summed E-state index contributed by atoms with van der Waals surface area (Å²) >= 11 is 0. The van der Waals surface area contributed by atoms with Crippen LogP contribution < -0.4 is 10.6 Å². The first kappa shape index (κ1) is 25.8. The number of anilines is 1. The molecule has 0 heterocycles. The Bertz CT molecular complexity index is 939. The molecule has 1 amide bonds. The summed E-state index contributed by atoms with van der Waals surface area (Å²) in [5.41, 5.74) is 8.10. The molecule has 2 unspecified atom stereocenters. The van der Waals surface area contributed by atoms with Gasteiger partial charge in [0, 0.05) is 24.9 Å². The minimum absolute atomic E-state index is 0.0258. The predicted molar refractivity (Wildman–Crippen MR) is 128 cm³/mol. The van der Waals surface area contributed by atoms with Gasteiger partial charge in [0.15, 0.2) is 0 Å². The number of hydrogen-bond donors (Lipinski definition) is 2. The Balaban J connectivity index is 2.44. The van der Waals surface area contributed by atoms with Crippen LogP contribution in [0.5, 0.6) is 0 Å². The molecule has 0 saturated carbocycles. The van der Waals surface area contributed by atoms with Crippen LogP contribution in [0, 0.1) is 11.8 Å². The minimum atomic E-state index is -3.20. The highest BCUT2D eigenvalue weighted by molar-refractivity contribution is 7.58. The third kappa shape index (κ3) is 6.52. The highest BCUT2D eigenvalue weighted by Gasteiger charge is 2.36. The van der Waals surface area contributed by atoms with Crippen molar-refractivity contribution in [2.45, 2.75) is 33.2 Å². The Morgan fingerprint density at radius 1 is 1.03 bits per heavy atom. The van der Waals surface area contributed by atoms with Crippen molar-refractivity contribution in [3.63, 3.8) is 0 Å². The summed E-state index contributed by atoms with van der Waals surface area (Å²) in [6, 6.07) is 15.9. The average Bonchev–Trinajstić information content (AvgIpc) is 2.79. The normalized spacial score (nSPS) is 15.1. The molecular formula is C24H33N2O5P. The fraction of sp³-hybridized carbons (Fsp3) is 0.417. The highest BCUT2D eigenvalue weighted by Crippen LogP contribution is 2.47. The van der Waals surface area contributed by atoms with Gasteiger partial charge in [-0.15, -0.1) is 0 Å². The molecule has 0 radical (unpaired) electrons. The van der Waals surface area contributed by atoms with E-state index in [2.05, 4.69) is 0 Å². The second kappa shape index (κ2) is 11.4. The van der Waals surface area contributed by atoms with Gasteiger partial charge in [-0.25, -0.2) is 4.79 Å². The smallest absolute Gasteiger partial charge is 0.326 e. The van der Waals surface area contributed by atoms with Crippen LogP contribution in [0.4, 0.5) is 5.69 Å². The molecule has 8 heteroatoms. The van der Waals surface area contributed by atoms with Crippen LogP contribution in [-0.4, -0.2) is 42.6 Å². The van der Waals surface area contributed by atoms with Gasteiger partial charge in [0.1, 0.15) is 6.04 Å². The summed E-state index contributed by atoms with van der Waals surface area (Å²) in [5.74, 6) is -2.07. The summed E-state index contributed by atoms with van der Waals surface area (Å²) in [4.78, 5) is 26.8. The van der Waals surface area contributed by atoms with Crippen molar-refractivity contribution in [1.82, 2.24) is 0 Å². The zero-order valence-electron chi connectivity index (χ0n) is 19.1. The van der Waals surface area contributed by atoms with Gasteiger partial charge in [-0.05, 0) is 42.5 Å². The van der Waals surface area contributed by atoms with Gasteiger partial charge in [0.2, 0.25) is 13.3 Å². The van der Waals surface area contributed by atoms with Crippen LogP contribution >= 0.6 is 7.37 Å². The van der Waals surface area contributed by atoms with Crippen molar-refractivity contribution < 1.29 is 23.8 Å². The molecule has 0 bridgehead atoms. The molecule has 7 nitrogen and oxygen atoms in total. The number of hydrogen-bond acceptors (Lipinski definition) is 5. The summed E-state index contributed by atoms with van der Waals surface area (Å²) in [6.07, 6.45) is 0.241. The molecule has 0 aliphatic heterocycles. The van der Waals surface area contributed by atoms with Crippen LogP contribution in [0.15, 0.2) is 54.6 Å². The van der Waals surface area contributed by atoms with Gasteiger partial charge in [0.25, 0.3) is 0 Å². The Hall–Kier alpha value is -2.47.